The van der Waals surface area contributed by atoms with E-state index in [0.29, 0.717) is 0 Å². The van der Waals surface area contributed by atoms with Gasteiger partial charge in [-0.15, -0.1) is 11.3 Å². The summed E-state index contributed by atoms with van der Waals surface area (Å²) >= 11 is 1.86. The number of hydrogen-bond acceptors (Lipinski definition) is 3. The Morgan fingerprint density at radius 3 is 1.88 bits per heavy atom. The molecule has 0 aliphatic carbocycles. The second-order valence-corrected chi connectivity index (χ2v) is 13.3. The van der Waals surface area contributed by atoms with Crippen molar-refractivity contribution in [3.05, 3.63) is 164 Å². The molecule has 0 unspecified atom stereocenters. The van der Waals surface area contributed by atoms with Crippen molar-refractivity contribution in [1.29, 1.82) is 0 Å². The summed E-state index contributed by atoms with van der Waals surface area (Å²) in [5.74, 6) is 0.719. The number of para-hydroxylation sites is 2. The first-order chi connectivity index (χ1) is 23.8. The molecule has 0 amide bonds. The highest BCUT2D eigenvalue weighted by Gasteiger charge is 2.16. The van der Waals surface area contributed by atoms with Crippen molar-refractivity contribution in [3.63, 3.8) is 0 Å². The molecule has 3 aromatic heterocycles. The molecule has 3 heterocycles. The molecule has 3 nitrogen and oxygen atoms in total. The molecule has 0 saturated carbocycles. The quantitative estimate of drug-likeness (QED) is 0.194. The van der Waals surface area contributed by atoms with Gasteiger partial charge in [-0.1, -0.05) is 109 Å². The molecule has 48 heavy (non-hydrogen) atoms. The molecule has 0 fully saturated rings. The van der Waals surface area contributed by atoms with Crippen LogP contribution < -0.4 is 0 Å². The average molecular weight is 630 g/mol. The van der Waals surface area contributed by atoms with Crippen LogP contribution in [0.2, 0.25) is 0 Å². The number of fused-ring (bicyclic) bond motifs is 7. The van der Waals surface area contributed by atoms with E-state index in [9.17, 15) is 0 Å². The second kappa shape index (κ2) is 10.7. The van der Waals surface area contributed by atoms with Crippen molar-refractivity contribution in [2.75, 3.05) is 0 Å². The van der Waals surface area contributed by atoms with Crippen LogP contribution in [0.5, 0.6) is 0 Å². The zero-order valence-corrected chi connectivity index (χ0v) is 26.7. The van der Waals surface area contributed by atoms with Crippen LogP contribution in [-0.2, 0) is 0 Å². The summed E-state index contributed by atoms with van der Waals surface area (Å²) in [6.45, 7) is 0. The Kier molecular flexibility index (Phi) is 6.05. The first kappa shape index (κ1) is 27.1. The highest BCUT2D eigenvalue weighted by atomic mass is 32.1. The van der Waals surface area contributed by atoms with Crippen molar-refractivity contribution < 1.29 is 0 Å². The van der Waals surface area contributed by atoms with E-state index in [1.54, 1.807) is 0 Å². The summed E-state index contributed by atoms with van der Waals surface area (Å²) < 4.78 is 5.01. The van der Waals surface area contributed by atoms with E-state index in [4.69, 9.17) is 9.97 Å². The third-order valence-electron chi connectivity index (χ3n) is 9.42. The maximum Gasteiger partial charge on any atom is 0.160 e. The molecule has 0 saturated heterocycles. The first-order valence-corrected chi connectivity index (χ1v) is 17.0. The molecule has 10 aromatic rings. The fourth-order valence-corrected chi connectivity index (χ4v) is 8.22. The van der Waals surface area contributed by atoms with E-state index in [0.717, 1.165) is 39.2 Å². The minimum absolute atomic E-state index is 0.719. The Hall–Kier alpha value is -6.10. The Labute approximate surface area is 281 Å². The monoisotopic (exact) mass is 629 g/mol. The maximum atomic E-state index is 5.17. The average Bonchev–Trinajstić information content (AvgIpc) is 3.68. The summed E-state index contributed by atoms with van der Waals surface area (Å²) in [6.07, 6.45) is 0. The van der Waals surface area contributed by atoms with Crippen molar-refractivity contribution in [2.45, 2.75) is 0 Å². The van der Waals surface area contributed by atoms with Gasteiger partial charge in [0.25, 0.3) is 0 Å². The van der Waals surface area contributed by atoms with Crippen LogP contribution in [0.15, 0.2) is 164 Å². The largest absolute Gasteiger partial charge is 0.309 e. The number of hydrogen-bond donors (Lipinski definition) is 0. The zero-order chi connectivity index (χ0) is 31.6. The van der Waals surface area contributed by atoms with Crippen LogP contribution in [0, 0.1) is 0 Å². The van der Waals surface area contributed by atoms with E-state index in [1.807, 2.05) is 23.5 Å². The third-order valence-corrected chi connectivity index (χ3v) is 10.6. The molecule has 10 rings (SSSR count). The highest BCUT2D eigenvalue weighted by molar-refractivity contribution is 7.25. The number of nitrogens with zero attached hydrogens (tertiary/aromatic N) is 3. The molecular weight excluding hydrogens is 603 g/mol. The molecule has 0 spiro atoms. The molecule has 224 valence electrons. The summed E-state index contributed by atoms with van der Waals surface area (Å²) in [6, 6.07) is 58.3. The predicted octanol–water partition coefficient (Wildman–Crippen LogP) is 12.1. The Morgan fingerprint density at radius 1 is 0.396 bits per heavy atom. The van der Waals surface area contributed by atoms with E-state index >= 15 is 0 Å². The summed E-state index contributed by atoms with van der Waals surface area (Å²) in [7, 11) is 0. The van der Waals surface area contributed by atoms with Crippen molar-refractivity contribution >= 4 is 64.2 Å². The van der Waals surface area contributed by atoms with Gasteiger partial charge in [0.05, 0.1) is 22.2 Å². The molecular formula is C44H27N3S. The number of rotatable bonds is 4. The van der Waals surface area contributed by atoms with Gasteiger partial charge in [0.1, 0.15) is 0 Å². The number of thiophene rings is 1. The summed E-state index contributed by atoms with van der Waals surface area (Å²) in [4.78, 5) is 10.2. The molecule has 7 aromatic carbocycles. The van der Waals surface area contributed by atoms with Gasteiger partial charge < -0.3 is 4.57 Å². The van der Waals surface area contributed by atoms with Crippen LogP contribution in [0.3, 0.4) is 0 Å². The SMILES string of the molecule is c1ccc(-c2ccc(-c3nc(-c4ccc(-n5c6ccccc6c6cc7c(cc65)sc5ccccc57)cc4)nc4ccccc34)cc2)cc1. The molecule has 0 N–H and O–H groups in total. The smallest absolute Gasteiger partial charge is 0.160 e. The second-order valence-electron chi connectivity index (χ2n) is 12.2. The molecule has 4 heteroatoms. The zero-order valence-electron chi connectivity index (χ0n) is 25.8. The Balaban J connectivity index is 1.09. The topological polar surface area (TPSA) is 30.7 Å². The number of benzene rings is 7. The standard InChI is InChI=1S/C44H27N3S/c1-2-10-28(11-3-1)29-18-20-30(21-19-29)43-35-14-4-7-15-38(35)45-44(46-43)31-22-24-32(25-23-31)47-39-16-8-5-12-33(39)36-26-37-34-13-6-9-17-41(34)48-42(37)27-40(36)47/h1-27H. The van der Waals surface area contributed by atoms with Crippen molar-refractivity contribution in [3.8, 4) is 39.5 Å². The van der Waals surface area contributed by atoms with Gasteiger partial charge in [0.2, 0.25) is 0 Å². The highest BCUT2D eigenvalue weighted by Crippen LogP contribution is 2.41. The minimum atomic E-state index is 0.719. The van der Waals surface area contributed by atoms with Crippen LogP contribution in [-0.4, -0.2) is 14.5 Å². The van der Waals surface area contributed by atoms with Gasteiger partial charge in [0.15, 0.2) is 5.82 Å². The van der Waals surface area contributed by atoms with Gasteiger partial charge in [-0.3, -0.25) is 0 Å². The molecule has 0 atom stereocenters. The van der Waals surface area contributed by atoms with Crippen LogP contribution in [0.4, 0.5) is 0 Å². The van der Waals surface area contributed by atoms with Crippen LogP contribution in [0.1, 0.15) is 0 Å². The number of aromatic nitrogens is 3. The summed E-state index contributed by atoms with van der Waals surface area (Å²) in [5, 5.41) is 6.21. The van der Waals surface area contributed by atoms with Crippen LogP contribution >= 0.6 is 11.3 Å². The van der Waals surface area contributed by atoms with E-state index in [-0.39, 0.29) is 0 Å². The van der Waals surface area contributed by atoms with E-state index in [2.05, 4.69) is 156 Å². The summed E-state index contributed by atoms with van der Waals surface area (Å²) in [5.41, 5.74) is 9.85. The van der Waals surface area contributed by atoms with Gasteiger partial charge in [0, 0.05) is 53.1 Å². The molecule has 0 aliphatic rings. The van der Waals surface area contributed by atoms with E-state index in [1.165, 1.54) is 53.1 Å². The predicted molar refractivity (Wildman–Crippen MR) is 203 cm³/mol. The molecule has 0 aliphatic heterocycles. The lowest BCUT2D eigenvalue weighted by Crippen LogP contribution is -1.97. The Morgan fingerprint density at radius 2 is 1.04 bits per heavy atom. The fourth-order valence-electron chi connectivity index (χ4n) is 7.10. The first-order valence-electron chi connectivity index (χ1n) is 16.2. The third kappa shape index (κ3) is 4.27. The Bertz CT molecular complexity index is 2810. The lowest BCUT2D eigenvalue weighted by molar-refractivity contribution is 1.18. The van der Waals surface area contributed by atoms with Crippen molar-refractivity contribution in [2.24, 2.45) is 0 Å². The van der Waals surface area contributed by atoms with Gasteiger partial charge >= 0.3 is 0 Å². The minimum Gasteiger partial charge on any atom is -0.309 e. The normalized spacial score (nSPS) is 11.8. The van der Waals surface area contributed by atoms with E-state index < -0.39 is 0 Å². The van der Waals surface area contributed by atoms with Gasteiger partial charge in [-0.05, 0) is 65.7 Å². The fraction of sp³-hybridized carbons (Fsp3) is 0. The lowest BCUT2D eigenvalue weighted by atomic mass is 10.0. The van der Waals surface area contributed by atoms with Crippen molar-refractivity contribution in [1.82, 2.24) is 14.5 Å². The molecule has 0 radical (unpaired) electrons. The molecule has 0 bridgehead atoms. The van der Waals surface area contributed by atoms with Gasteiger partial charge in [-0.2, -0.15) is 0 Å². The van der Waals surface area contributed by atoms with Crippen LogP contribution in [0.25, 0.3) is 92.3 Å². The van der Waals surface area contributed by atoms with Gasteiger partial charge in [-0.25, -0.2) is 9.97 Å². The maximum absolute atomic E-state index is 5.17. The lowest BCUT2D eigenvalue weighted by Gasteiger charge is -2.12.